The van der Waals surface area contributed by atoms with Crippen molar-refractivity contribution in [3.8, 4) is 0 Å². The van der Waals surface area contributed by atoms with E-state index in [9.17, 15) is 4.79 Å². The van der Waals surface area contributed by atoms with Crippen molar-refractivity contribution in [2.45, 2.75) is 17.1 Å². The summed E-state index contributed by atoms with van der Waals surface area (Å²) >= 11 is 1.51. The van der Waals surface area contributed by atoms with E-state index in [1.165, 1.54) is 24.4 Å². The Balaban J connectivity index is 2.24. The Kier molecular flexibility index (Phi) is 4.63. The average Bonchev–Trinajstić information content (AvgIpc) is 2.47. The predicted octanol–water partition coefficient (Wildman–Crippen LogP) is 4.00. The zero-order valence-electron chi connectivity index (χ0n) is 11.0. The third kappa shape index (κ3) is 3.61. The number of hydrogen-bond donors (Lipinski definition) is 0. The number of benzene rings is 2. The Hall–Kier alpha value is -1.74. The molecule has 2 nitrogen and oxygen atoms in total. The summed E-state index contributed by atoms with van der Waals surface area (Å²) in [4.78, 5) is 13.0. The van der Waals surface area contributed by atoms with Gasteiger partial charge in [-0.3, -0.25) is 4.79 Å². The van der Waals surface area contributed by atoms with Gasteiger partial charge in [0.1, 0.15) is 5.25 Å². The molecular weight excluding hydrogens is 256 g/mol. The van der Waals surface area contributed by atoms with Crippen LogP contribution in [-0.4, -0.2) is 13.1 Å². The number of aryl methyl sites for hydroxylation is 1. The highest BCUT2D eigenvalue weighted by Gasteiger charge is 2.22. The minimum Gasteiger partial charge on any atom is -0.468 e. The summed E-state index contributed by atoms with van der Waals surface area (Å²) in [5.74, 6) is -0.225. The van der Waals surface area contributed by atoms with Gasteiger partial charge < -0.3 is 4.74 Å². The zero-order valence-corrected chi connectivity index (χ0v) is 11.8. The predicted molar refractivity (Wildman–Crippen MR) is 78.2 cm³/mol. The molecule has 0 aliphatic heterocycles. The van der Waals surface area contributed by atoms with E-state index in [2.05, 4.69) is 0 Å². The van der Waals surface area contributed by atoms with Crippen LogP contribution >= 0.6 is 11.8 Å². The van der Waals surface area contributed by atoms with E-state index in [4.69, 9.17) is 4.74 Å². The van der Waals surface area contributed by atoms with Gasteiger partial charge in [-0.25, -0.2) is 0 Å². The maximum atomic E-state index is 11.9. The number of rotatable bonds is 4. The van der Waals surface area contributed by atoms with Gasteiger partial charge in [-0.15, -0.1) is 11.8 Å². The van der Waals surface area contributed by atoms with Crippen molar-refractivity contribution < 1.29 is 9.53 Å². The Morgan fingerprint density at radius 3 is 2.26 bits per heavy atom. The molecular formula is C16H16O2S. The van der Waals surface area contributed by atoms with Crippen molar-refractivity contribution in [1.29, 1.82) is 0 Å². The van der Waals surface area contributed by atoms with Crippen molar-refractivity contribution in [2.24, 2.45) is 0 Å². The van der Waals surface area contributed by atoms with Crippen LogP contribution in [0.5, 0.6) is 0 Å². The van der Waals surface area contributed by atoms with Crippen molar-refractivity contribution in [3.63, 3.8) is 0 Å². The van der Waals surface area contributed by atoms with E-state index >= 15 is 0 Å². The molecule has 19 heavy (non-hydrogen) atoms. The Morgan fingerprint density at radius 2 is 1.68 bits per heavy atom. The van der Waals surface area contributed by atoms with Crippen LogP contribution in [-0.2, 0) is 9.53 Å². The molecule has 0 saturated carbocycles. The van der Waals surface area contributed by atoms with Crippen molar-refractivity contribution in [2.75, 3.05) is 7.11 Å². The molecule has 0 aromatic heterocycles. The largest absolute Gasteiger partial charge is 0.468 e. The number of carbonyl (C=O) groups excluding carboxylic acids is 1. The molecule has 0 aliphatic carbocycles. The summed E-state index contributed by atoms with van der Waals surface area (Å²) < 4.78 is 4.90. The monoisotopic (exact) mass is 272 g/mol. The third-order valence-corrected chi connectivity index (χ3v) is 4.04. The molecule has 1 unspecified atom stereocenters. The van der Waals surface area contributed by atoms with Crippen LogP contribution in [0.1, 0.15) is 16.4 Å². The van der Waals surface area contributed by atoms with Crippen LogP contribution in [0.25, 0.3) is 0 Å². The Morgan fingerprint density at radius 1 is 1.05 bits per heavy atom. The Labute approximate surface area is 117 Å². The van der Waals surface area contributed by atoms with Crippen LogP contribution in [0.2, 0.25) is 0 Å². The lowest BCUT2D eigenvalue weighted by atomic mass is 10.1. The highest BCUT2D eigenvalue weighted by Crippen LogP contribution is 2.36. The fourth-order valence-corrected chi connectivity index (χ4v) is 2.79. The first-order chi connectivity index (χ1) is 9.20. The average molecular weight is 272 g/mol. The fourth-order valence-electron chi connectivity index (χ4n) is 1.74. The van der Waals surface area contributed by atoms with E-state index in [1.54, 1.807) is 0 Å². The van der Waals surface area contributed by atoms with Gasteiger partial charge in [0.05, 0.1) is 7.11 Å². The second-order valence-electron chi connectivity index (χ2n) is 4.24. The van der Waals surface area contributed by atoms with E-state index < -0.39 is 0 Å². The van der Waals surface area contributed by atoms with Gasteiger partial charge in [0.25, 0.3) is 0 Å². The first-order valence-electron chi connectivity index (χ1n) is 6.07. The third-order valence-electron chi connectivity index (χ3n) is 2.79. The minimum absolute atomic E-state index is 0.225. The molecule has 0 spiro atoms. The molecule has 98 valence electrons. The second-order valence-corrected chi connectivity index (χ2v) is 5.42. The number of thioether (sulfide) groups is 1. The van der Waals surface area contributed by atoms with Crippen LogP contribution in [0.15, 0.2) is 59.5 Å². The lowest BCUT2D eigenvalue weighted by Crippen LogP contribution is -2.10. The highest BCUT2D eigenvalue weighted by atomic mass is 32.2. The number of hydrogen-bond acceptors (Lipinski definition) is 3. The van der Waals surface area contributed by atoms with Gasteiger partial charge in [0.2, 0.25) is 0 Å². The molecule has 0 radical (unpaired) electrons. The van der Waals surface area contributed by atoms with Gasteiger partial charge in [-0.1, -0.05) is 48.0 Å². The number of ether oxygens (including phenoxy) is 1. The topological polar surface area (TPSA) is 26.3 Å². The molecule has 0 N–H and O–H groups in total. The van der Waals surface area contributed by atoms with E-state index in [-0.39, 0.29) is 11.2 Å². The van der Waals surface area contributed by atoms with Gasteiger partial charge >= 0.3 is 5.97 Å². The standard InChI is InChI=1S/C16H16O2S/c1-12-8-10-14(11-9-12)19-15(16(17)18-2)13-6-4-3-5-7-13/h3-11,15H,1-2H3. The van der Waals surface area contributed by atoms with Crippen LogP contribution in [0.4, 0.5) is 0 Å². The van der Waals surface area contributed by atoms with Crippen LogP contribution in [0.3, 0.4) is 0 Å². The summed E-state index contributed by atoms with van der Waals surface area (Å²) in [6, 6.07) is 17.8. The summed E-state index contributed by atoms with van der Waals surface area (Å²) in [6.07, 6.45) is 0. The molecule has 0 amide bonds. The van der Waals surface area contributed by atoms with E-state index in [1.807, 2.05) is 61.5 Å². The maximum absolute atomic E-state index is 11.9. The van der Waals surface area contributed by atoms with Gasteiger partial charge in [-0.05, 0) is 24.6 Å². The molecule has 1 atom stereocenters. The summed E-state index contributed by atoms with van der Waals surface area (Å²) in [6.45, 7) is 2.05. The van der Waals surface area contributed by atoms with Crippen molar-refractivity contribution in [1.82, 2.24) is 0 Å². The lowest BCUT2D eigenvalue weighted by molar-refractivity contribution is -0.140. The first-order valence-corrected chi connectivity index (χ1v) is 6.95. The van der Waals surface area contributed by atoms with Crippen molar-refractivity contribution >= 4 is 17.7 Å². The normalized spacial score (nSPS) is 11.9. The molecule has 2 rings (SSSR count). The van der Waals surface area contributed by atoms with Gasteiger partial charge in [-0.2, -0.15) is 0 Å². The Bertz CT molecular complexity index is 534. The van der Waals surface area contributed by atoms with Gasteiger partial charge in [0.15, 0.2) is 0 Å². The quantitative estimate of drug-likeness (QED) is 0.621. The molecule has 2 aromatic carbocycles. The maximum Gasteiger partial charge on any atom is 0.323 e. The number of esters is 1. The van der Waals surface area contributed by atoms with Gasteiger partial charge in [0, 0.05) is 4.90 Å². The number of carbonyl (C=O) groups is 1. The number of methoxy groups -OCH3 is 1. The van der Waals surface area contributed by atoms with E-state index in [0.717, 1.165) is 10.5 Å². The van der Waals surface area contributed by atoms with E-state index in [0.29, 0.717) is 0 Å². The van der Waals surface area contributed by atoms with Crippen LogP contribution in [0, 0.1) is 6.92 Å². The highest BCUT2D eigenvalue weighted by molar-refractivity contribution is 8.00. The fraction of sp³-hybridized carbons (Fsp3) is 0.188. The lowest BCUT2D eigenvalue weighted by Gasteiger charge is -2.14. The van der Waals surface area contributed by atoms with Crippen LogP contribution < -0.4 is 0 Å². The molecule has 0 saturated heterocycles. The molecule has 0 fully saturated rings. The smallest absolute Gasteiger partial charge is 0.323 e. The summed E-state index contributed by atoms with van der Waals surface area (Å²) in [5.41, 5.74) is 2.17. The zero-order chi connectivity index (χ0) is 13.7. The van der Waals surface area contributed by atoms with Crippen molar-refractivity contribution in [3.05, 3.63) is 65.7 Å². The molecule has 0 bridgehead atoms. The summed E-state index contributed by atoms with van der Waals surface area (Å²) in [7, 11) is 1.42. The molecule has 0 heterocycles. The first kappa shape index (κ1) is 13.7. The molecule has 2 aromatic rings. The second kappa shape index (κ2) is 6.43. The molecule has 0 aliphatic rings. The summed E-state index contributed by atoms with van der Waals surface area (Å²) in [5, 5.41) is -0.325. The molecule has 3 heteroatoms. The minimum atomic E-state index is -0.325. The SMILES string of the molecule is COC(=O)C(Sc1ccc(C)cc1)c1ccccc1.